The lowest BCUT2D eigenvalue weighted by Gasteiger charge is -2.17. The number of thioether (sulfide) groups is 1. The number of esters is 1. The summed E-state index contributed by atoms with van der Waals surface area (Å²) >= 11 is 1.31. The normalized spacial score (nSPS) is 10.2. The standard InChI is InChI=1S/C19H21N3O4S/c1-13-6-8-14(9-7-13)21-16(23)11-22(2)17(24)12-26-19(25)15-5-4-10-20-18(15)27-3/h4-10H,11-12H2,1-3H3,(H,21,23). The Bertz CT molecular complexity index is 824. The molecule has 0 saturated heterocycles. The summed E-state index contributed by atoms with van der Waals surface area (Å²) in [6.07, 6.45) is 3.37. The fourth-order valence-electron chi connectivity index (χ4n) is 2.17. The fraction of sp³-hybridized carbons (Fsp3) is 0.263. The molecular weight excluding hydrogens is 366 g/mol. The van der Waals surface area contributed by atoms with Crippen molar-refractivity contribution in [2.24, 2.45) is 0 Å². The number of carbonyl (C=O) groups is 3. The summed E-state index contributed by atoms with van der Waals surface area (Å²) in [5.41, 5.74) is 2.04. The van der Waals surface area contributed by atoms with E-state index in [2.05, 4.69) is 10.3 Å². The summed E-state index contributed by atoms with van der Waals surface area (Å²) in [4.78, 5) is 41.5. The van der Waals surface area contributed by atoms with Gasteiger partial charge in [-0.3, -0.25) is 9.59 Å². The topological polar surface area (TPSA) is 88.6 Å². The molecule has 0 aliphatic carbocycles. The van der Waals surface area contributed by atoms with E-state index in [9.17, 15) is 14.4 Å². The van der Waals surface area contributed by atoms with Crippen molar-refractivity contribution < 1.29 is 19.1 Å². The van der Waals surface area contributed by atoms with Gasteiger partial charge in [-0.25, -0.2) is 9.78 Å². The molecule has 0 aliphatic rings. The predicted molar refractivity (Wildman–Crippen MR) is 104 cm³/mol. The molecule has 7 nitrogen and oxygen atoms in total. The molecule has 27 heavy (non-hydrogen) atoms. The Morgan fingerprint density at radius 2 is 1.89 bits per heavy atom. The van der Waals surface area contributed by atoms with Crippen molar-refractivity contribution in [2.75, 3.05) is 31.8 Å². The lowest BCUT2D eigenvalue weighted by Crippen LogP contribution is -2.37. The van der Waals surface area contributed by atoms with Gasteiger partial charge in [0.05, 0.1) is 12.1 Å². The lowest BCUT2D eigenvalue weighted by atomic mass is 10.2. The van der Waals surface area contributed by atoms with Crippen molar-refractivity contribution >= 4 is 35.2 Å². The third-order valence-electron chi connectivity index (χ3n) is 3.65. The van der Waals surface area contributed by atoms with Crippen molar-refractivity contribution in [1.82, 2.24) is 9.88 Å². The number of amides is 2. The summed E-state index contributed by atoms with van der Waals surface area (Å²) < 4.78 is 5.05. The van der Waals surface area contributed by atoms with E-state index in [0.29, 0.717) is 16.3 Å². The molecule has 1 aromatic heterocycles. The summed E-state index contributed by atoms with van der Waals surface area (Å²) in [5, 5.41) is 3.24. The molecule has 0 aliphatic heterocycles. The molecule has 0 fully saturated rings. The highest BCUT2D eigenvalue weighted by molar-refractivity contribution is 7.98. The third-order valence-corrected chi connectivity index (χ3v) is 4.37. The van der Waals surface area contributed by atoms with E-state index in [1.807, 2.05) is 19.1 Å². The van der Waals surface area contributed by atoms with Gasteiger partial charge in [0.1, 0.15) is 5.03 Å². The van der Waals surface area contributed by atoms with Crippen molar-refractivity contribution in [3.8, 4) is 0 Å². The second-order valence-corrected chi connectivity index (χ2v) is 6.60. The number of benzene rings is 1. The number of carbonyl (C=O) groups excluding carboxylic acids is 3. The van der Waals surface area contributed by atoms with Gasteiger partial charge in [0.2, 0.25) is 5.91 Å². The number of aromatic nitrogens is 1. The number of anilines is 1. The number of pyridine rings is 1. The molecule has 1 heterocycles. The Morgan fingerprint density at radius 1 is 1.19 bits per heavy atom. The fourth-order valence-corrected chi connectivity index (χ4v) is 2.70. The second-order valence-electron chi connectivity index (χ2n) is 5.80. The number of nitrogens with zero attached hydrogens (tertiary/aromatic N) is 2. The molecule has 2 amide bonds. The molecule has 0 radical (unpaired) electrons. The first-order valence-electron chi connectivity index (χ1n) is 8.17. The van der Waals surface area contributed by atoms with Gasteiger partial charge in [-0.2, -0.15) is 0 Å². The number of nitrogens with one attached hydrogen (secondary N) is 1. The van der Waals surface area contributed by atoms with Crippen molar-refractivity contribution in [2.45, 2.75) is 11.9 Å². The number of hydrogen-bond donors (Lipinski definition) is 1. The second kappa shape index (κ2) is 9.72. The Hall–Kier alpha value is -2.87. The maximum absolute atomic E-state index is 12.1. The number of ether oxygens (including phenoxy) is 1. The monoisotopic (exact) mass is 387 g/mol. The van der Waals surface area contributed by atoms with Gasteiger partial charge in [0.25, 0.3) is 5.91 Å². The zero-order valence-corrected chi connectivity index (χ0v) is 16.2. The van der Waals surface area contributed by atoms with Gasteiger partial charge in [0.15, 0.2) is 6.61 Å². The van der Waals surface area contributed by atoms with Crippen LogP contribution in [0.1, 0.15) is 15.9 Å². The minimum absolute atomic E-state index is 0.146. The molecule has 0 spiro atoms. The minimum Gasteiger partial charge on any atom is -0.452 e. The van der Waals surface area contributed by atoms with Crippen LogP contribution in [0.3, 0.4) is 0 Å². The van der Waals surface area contributed by atoms with Crippen LogP contribution in [0.2, 0.25) is 0 Å². The van der Waals surface area contributed by atoms with E-state index in [-0.39, 0.29) is 12.5 Å². The van der Waals surface area contributed by atoms with Gasteiger partial charge in [-0.15, -0.1) is 11.8 Å². The van der Waals surface area contributed by atoms with E-state index in [0.717, 1.165) is 5.56 Å². The van der Waals surface area contributed by atoms with Crippen molar-refractivity contribution in [3.63, 3.8) is 0 Å². The quantitative estimate of drug-likeness (QED) is 0.580. The summed E-state index contributed by atoms with van der Waals surface area (Å²) in [5.74, 6) is -1.44. The zero-order valence-electron chi connectivity index (χ0n) is 15.4. The molecule has 1 aromatic carbocycles. The average molecular weight is 387 g/mol. The van der Waals surface area contributed by atoms with Crippen LogP contribution in [0.4, 0.5) is 5.69 Å². The van der Waals surface area contributed by atoms with Crippen LogP contribution in [0, 0.1) is 6.92 Å². The average Bonchev–Trinajstić information content (AvgIpc) is 2.67. The SMILES string of the molecule is CSc1ncccc1C(=O)OCC(=O)N(C)CC(=O)Nc1ccc(C)cc1. The first-order valence-corrected chi connectivity index (χ1v) is 9.39. The molecule has 0 bridgehead atoms. The maximum atomic E-state index is 12.1. The number of aryl methyl sites for hydroxylation is 1. The summed E-state index contributed by atoms with van der Waals surface area (Å²) in [6, 6.07) is 10.5. The smallest absolute Gasteiger partial charge is 0.341 e. The highest BCUT2D eigenvalue weighted by atomic mass is 32.2. The Labute approximate surface area is 162 Å². The van der Waals surface area contributed by atoms with E-state index < -0.39 is 18.5 Å². The van der Waals surface area contributed by atoms with Crippen LogP contribution in [-0.4, -0.2) is 54.1 Å². The van der Waals surface area contributed by atoms with Gasteiger partial charge >= 0.3 is 5.97 Å². The van der Waals surface area contributed by atoms with Crippen LogP contribution in [0.5, 0.6) is 0 Å². The lowest BCUT2D eigenvalue weighted by molar-refractivity contribution is -0.136. The van der Waals surface area contributed by atoms with Gasteiger partial charge in [-0.1, -0.05) is 17.7 Å². The number of likely N-dealkylation sites (N-methyl/N-ethyl adjacent to an activating group) is 1. The van der Waals surface area contributed by atoms with Gasteiger partial charge in [-0.05, 0) is 37.4 Å². The molecule has 2 aromatic rings. The molecule has 8 heteroatoms. The van der Waals surface area contributed by atoms with Gasteiger partial charge in [0, 0.05) is 18.9 Å². The first-order chi connectivity index (χ1) is 12.9. The number of hydrogen-bond acceptors (Lipinski definition) is 6. The molecular formula is C19H21N3O4S. The molecule has 0 saturated carbocycles. The minimum atomic E-state index is -0.627. The summed E-state index contributed by atoms with van der Waals surface area (Å²) in [6.45, 7) is 1.36. The highest BCUT2D eigenvalue weighted by Crippen LogP contribution is 2.17. The summed E-state index contributed by atoms with van der Waals surface area (Å²) in [7, 11) is 1.47. The number of rotatable bonds is 7. The Morgan fingerprint density at radius 3 is 2.56 bits per heavy atom. The third kappa shape index (κ3) is 6.10. The van der Waals surface area contributed by atoms with Crippen LogP contribution >= 0.6 is 11.8 Å². The molecule has 2 rings (SSSR count). The largest absolute Gasteiger partial charge is 0.452 e. The van der Waals surface area contributed by atoms with E-state index in [1.54, 1.807) is 36.7 Å². The zero-order chi connectivity index (χ0) is 19.8. The first kappa shape index (κ1) is 20.4. The molecule has 1 N–H and O–H groups in total. The van der Waals surface area contributed by atoms with Crippen LogP contribution in [0.15, 0.2) is 47.6 Å². The molecule has 0 unspecified atom stereocenters. The predicted octanol–water partition coefficient (Wildman–Crippen LogP) is 2.37. The maximum Gasteiger partial charge on any atom is 0.341 e. The Kier molecular flexibility index (Phi) is 7.36. The molecule has 0 atom stereocenters. The van der Waals surface area contributed by atoms with E-state index in [4.69, 9.17) is 4.74 Å². The van der Waals surface area contributed by atoms with Gasteiger partial charge < -0.3 is 15.0 Å². The van der Waals surface area contributed by atoms with Crippen LogP contribution < -0.4 is 5.32 Å². The van der Waals surface area contributed by atoms with E-state index in [1.165, 1.54) is 23.7 Å². The highest BCUT2D eigenvalue weighted by Gasteiger charge is 2.18. The van der Waals surface area contributed by atoms with Crippen molar-refractivity contribution in [3.05, 3.63) is 53.7 Å². The van der Waals surface area contributed by atoms with Crippen LogP contribution in [0.25, 0.3) is 0 Å². The van der Waals surface area contributed by atoms with E-state index >= 15 is 0 Å². The Balaban J connectivity index is 1.83. The van der Waals surface area contributed by atoms with Crippen LogP contribution in [-0.2, 0) is 14.3 Å². The van der Waals surface area contributed by atoms with Crippen molar-refractivity contribution in [1.29, 1.82) is 0 Å². The molecule has 142 valence electrons.